The van der Waals surface area contributed by atoms with Crippen LogP contribution in [0.5, 0.6) is 0 Å². The van der Waals surface area contributed by atoms with Crippen LogP contribution in [0, 0.1) is 10.1 Å². The smallest absolute Gasteiger partial charge is 0.293 e. The van der Waals surface area contributed by atoms with Gasteiger partial charge in [-0.15, -0.1) is 0 Å². The molecule has 1 aliphatic rings. The molecule has 2 aromatic rings. The molecule has 0 spiro atoms. The van der Waals surface area contributed by atoms with Crippen LogP contribution in [0.3, 0.4) is 0 Å². The summed E-state index contributed by atoms with van der Waals surface area (Å²) >= 11 is 0. The lowest BCUT2D eigenvalue weighted by Gasteiger charge is -2.33. The third kappa shape index (κ3) is 3.81. The van der Waals surface area contributed by atoms with Crippen molar-refractivity contribution >= 4 is 21.2 Å². The van der Waals surface area contributed by atoms with Crippen LogP contribution in [0.1, 0.15) is 31.7 Å². The number of nitro benzene ring substituents is 1. The van der Waals surface area contributed by atoms with Crippen molar-refractivity contribution in [3.63, 3.8) is 0 Å². The van der Waals surface area contributed by atoms with E-state index in [9.17, 15) is 18.5 Å². The maximum absolute atomic E-state index is 11.7. The SMILES string of the molecule is CS(=O)(=O)c1ccc(N[C@@H]2CCCC[C@@H]2n2cccn2)c([N+](=O)[O-])c1. The van der Waals surface area contributed by atoms with E-state index < -0.39 is 14.8 Å². The highest BCUT2D eigenvalue weighted by Gasteiger charge is 2.29. The number of nitro groups is 1. The highest BCUT2D eigenvalue weighted by atomic mass is 32.2. The Balaban J connectivity index is 1.92. The van der Waals surface area contributed by atoms with Crippen molar-refractivity contribution in [1.29, 1.82) is 0 Å². The normalized spacial score (nSPS) is 21.0. The molecule has 3 rings (SSSR count). The van der Waals surface area contributed by atoms with Gasteiger partial charge in [0, 0.05) is 30.8 Å². The summed E-state index contributed by atoms with van der Waals surface area (Å²) in [6.45, 7) is 0. The van der Waals surface area contributed by atoms with E-state index in [0.29, 0.717) is 5.69 Å². The van der Waals surface area contributed by atoms with Crippen LogP contribution in [0.4, 0.5) is 11.4 Å². The molecule has 0 amide bonds. The summed E-state index contributed by atoms with van der Waals surface area (Å²) in [6, 6.07) is 5.95. The van der Waals surface area contributed by atoms with Gasteiger partial charge >= 0.3 is 0 Å². The molecule has 8 nitrogen and oxygen atoms in total. The number of hydrogen-bond donors (Lipinski definition) is 1. The van der Waals surface area contributed by atoms with Crippen LogP contribution in [-0.2, 0) is 9.84 Å². The fraction of sp³-hybridized carbons (Fsp3) is 0.438. The molecule has 25 heavy (non-hydrogen) atoms. The van der Waals surface area contributed by atoms with E-state index in [1.165, 1.54) is 12.1 Å². The first-order valence-corrected chi connectivity index (χ1v) is 9.99. The number of rotatable bonds is 5. The van der Waals surface area contributed by atoms with Gasteiger partial charge in [-0.1, -0.05) is 12.8 Å². The molecule has 9 heteroatoms. The monoisotopic (exact) mass is 364 g/mol. The first-order chi connectivity index (χ1) is 11.9. The summed E-state index contributed by atoms with van der Waals surface area (Å²) in [4.78, 5) is 10.8. The molecule has 1 aromatic carbocycles. The van der Waals surface area contributed by atoms with Gasteiger partial charge in [-0.2, -0.15) is 5.10 Å². The van der Waals surface area contributed by atoms with Gasteiger partial charge in [-0.25, -0.2) is 8.42 Å². The maximum Gasteiger partial charge on any atom is 0.293 e. The molecule has 1 fully saturated rings. The second kappa shape index (κ2) is 6.83. The molecule has 0 saturated heterocycles. The minimum atomic E-state index is -3.50. The Kier molecular flexibility index (Phi) is 4.76. The largest absolute Gasteiger partial charge is 0.375 e. The standard InChI is InChI=1S/C16H20N4O4S/c1-25(23,24)12-7-8-14(16(11-12)20(21)22)18-13-5-2-3-6-15(13)19-10-4-9-17-19/h4,7-11,13,15,18H,2-3,5-6H2,1H3/t13-,15+/m1/s1. The number of aromatic nitrogens is 2. The van der Waals surface area contributed by atoms with Crippen LogP contribution in [0.25, 0.3) is 0 Å². The summed E-state index contributed by atoms with van der Waals surface area (Å²) in [5.41, 5.74) is 0.106. The van der Waals surface area contributed by atoms with Crippen molar-refractivity contribution in [2.75, 3.05) is 11.6 Å². The number of hydrogen-bond acceptors (Lipinski definition) is 6. The van der Waals surface area contributed by atoms with Crippen molar-refractivity contribution < 1.29 is 13.3 Å². The number of sulfone groups is 1. The molecule has 0 radical (unpaired) electrons. The average molecular weight is 364 g/mol. The molecule has 1 heterocycles. The topological polar surface area (TPSA) is 107 Å². The Morgan fingerprint density at radius 1 is 1.32 bits per heavy atom. The minimum absolute atomic E-state index is 0.00330. The average Bonchev–Trinajstić information content (AvgIpc) is 3.09. The third-order valence-corrected chi connectivity index (χ3v) is 5.64. The summed E-state index contributed by atoms with van der Waals surface area (Å²) in [5, 5.41) is 19.0. The van der Waals surface area contributed by atoms with E-state index in [2.05, 4.69) is 10.4 Å². The van der Waals surface area contributed by atoms with E-state index in [1.54, 1.807) is 6.20 Å². The highest BCUT2D eigenvalue weighted by molar-refractivity contribution is 7.90. The van der Waals surface area contributed by atoms with Gasteiger partial charge in [0.05, 0.1) is 15.9 Å². The van der Waals surface area contributed by atoms with Crippen LogP contribution < -0.4 is 5.32 Å². The Morgan fingerprint density at radius 2 is 2.08 bits per heavy atom. The molecule has 0 unspecified atom stereocenters. The van der Waals surface area contributed by atoms with Crippen LogP contribution in [0.2, 0.25) is 0 Å². The molecule has 0 aliphatic heterocycles. The Hall–Kier alpha value is -2.42. The zero-order valence-corrected chi connectivity index (χ0v) is 14.6. The van der Waals surface area contributed by atoms with Gasteiger partial charge in [0.1, 0.15) is 5.69 Å². The second-order valence-electron chi connectivity index (χ2n) is 6.30. The molecule has 1 aromatic heterocycles. The molecule has 1 aliphatic carbocycles. The van der Waals surface area contributed by atoms with Crippen molar-refractivity contribution in [1.82, 2.24) is 9.78 Å². The Bertz CT molecular complexity index is 864. The zero-order chi connectivity index (χ0) is 18.0. The van der Waals surface area contributed by atoms with Gasteiger partial charge in [0.2, 0.25) is 0 Å². The zero-order valence-electron chi connectivity index (χ0n) is 13.8. The molecular formula is C16H20N4O4S. The van der Waals surface area contributed by atoms with Crippen LogP contribution in [-0.4, -0.2) is 35.4 Å². The van der Waals surface area contributed by atoms with E-state index >= 15 is 0 Å². The minimum Gasteiger partial charge on any atom is -0.375 e. The quantitative estimate of drug-likeness (QED) is 0.646. The molecule has 2 atom stereocenters. The van der Waals surface area contributed by atoms with Gasteiger partial charge in [-0.05, 0) is 31.0 Å². The van der Waals surface area contributed by atoms with Crippen molar-refractivity contribution in [2.45, 2.75) is 42.7 Å². The van der Waals surface area contributed by atoms with Crippen molar-refractivity contribution in [2.24, 2.45) is 0 Å². The molecule has 0 bridgehead atoms. The molecule has 1 saturated carbocycles. The van der Waals surface area contributed by atoms with Crippen molar-refractivity contribution in [3.8, 4) is 0 Å². The Labute approximate surface area is 145 Å². The number of nitrogens with zero attached hydrogens (tertiary/aromatic N) is 3. The highest BCUT2D eigenvalue weighted by Crippen LogP contribution is 2.34. The second-order valence-corrected chi connectivity index (χ2v) is 8.31. The first-order valence-electron chi connectivity index (χ1n) is 8.10. The Morgan fingerprint density at radius 3 is 2.72 bits per heavy atom. The summed E-state index contributed by atoms with van der Waals surface area (Å²) in [5.74, 6) is 0. The lowest BCUT2D eigenvalue weighted by atomic mass is 9.90. The van der Waals surface area contributed by atoms with Gasteiger partial charge in [-0.3, -0.25) is 14.8 Å². The third-order valence-electron chi connectivity index (χ3n) is 4.53. The van der Waals surface area contributed by atoms with Gasteiger partial charge < -0.3 is 5.32 Å². The molecular weight excluding hydrogens is 344 g/mol. The van der Waals surface area contributed by atoms with E-state index in [1.807, 2.05) is 16.9 Å². The lowest BCUT2D eigenvalue weighted by molar-refractivity contribution is -0.384. The molecule has 1 N–H and O–H groups in total. The number of anilines is 1. The van der Waals surface area contributed by atoms with Crippen LogP contribution in [0.15, 0.2) is 41.6 Å². The summed E-state index contributed by atoms with van der Waals surface area (Å²) in [6.07, 6.45) is 8.57. The molecule has 134 valence electrons. The van der Waals surface area contributed by atoms with E-state index in [-0.39, 0.29) is 22.7 Å². The van der Waals surface area contributed by atoms with E-state index in [4.69, 9.17) is 0 Å². The fourth-order valence-electron chi connectivity index (χ4n) is 3.29. The fourth-order valence-corrected chi connectivity index (χ4v) is 3.93. The predicted molar refractivity (Wildman–Crippen MR) is 93.3 cm³/mol. The van der Waals surface area contributed by atoms with Gasteiger partial charge in [0.25, 0.3) is 5.69 Å². The number of benzene rings is 1. The summed E-state index contributed by atoms with van der Waals surface area (Å²) < 4.78 is 25.2. The van der Waals surface area contributed by atoms with Crippen LogP contribution >= 0.6 is 0 Å². The van der Waals surface area contributed by atoms with Gasteiger partial charge in [0.15, 0.2) is 9.84 Å². The van der Waals surface area contributed by atoms with E-state index in [0.717, 1.165) is 38.0 Å². The predicted octanol–water partition coefficient (Wildman–Crippen LogP) is 2.79. The summed E-state index contributed by atoms with van der Waals surface area (Å²) in [7, 11) is -3.50. The maximum atomic E-state index is 11.7. The number of nitrogens with one attached hydrogen (secondary N) is 1. The first kappa shape index (κ1) is 17.4. The van der Waals surface area contributed by atoms with Crippen molar-refractivity contribution in [3.05, 3.63) is 46.8 Å². The lowest BCUT2D eigenvalue weighted by Crippen LogP contribution is -2.34.